The topological polar surface area (TPSA) is 90.9 Å². The normalized spacial score (nSPS) is 22.8. The summed E-state index contributed by atoms with van der Waals surface area (Å²) in [7, 11) is 0. The van der Waals surface area contributed by atoms with Gasteiger partial charge < -0.3 is 20.1 Å². The third-order valence-corrected chi connectivity index (χ3v) is 4.21. The second-order valence-electron chi connectivity index (χ2n) is 6.65. The highest BCUT2D eigenvalue weighted by Crippen LogP contribution is 2.27. The number of halogens is 1. The summed E-state index contributed by atoms with van der Waals surface area (Å²) in [4.78, 5) is 13.0. The second kappa shape index (κ2) is 9.33. The minimum absolute atomic E-state index is 0. The van der Waals surface area contributed by atoms with E-state index in [2.05, 4.69) is 4.90 Å². The zero-order chi connectivity index (χ0) is 17.9. The van der Waals surface area contributed by atoms with E-state index >= 15 is 0 Å². The number of non-ortho nitro benzene ring substituents is 1. The van der Waals surface area contributed by atoms with Crippen LogP contribution in [0.25, 0.3) is 0 Å². The number of rotatable bonds is 6. The predicted octanol–water partition coefficient (Wildman–Crippen LogP) is 2.88. The number of nitro groups is 1. The van der Waals surface area contributed by atoms with Crippen LogP contribution in [0.2, 0.25) is 0 Å². The molecule has 0 spiro atoms. The first-order valence-electron chi connectivity index (χ1n) is 8.32. The lowest BCUT2D eigenvalue weighted by atomic mass is 10.1. The van der Waals surface area contributed by atoms with E-state index < -0.39 is 0 Å². The van der Waals surface area contributed by atoms with Crippen LogP contribution in [0, 0.1) is 10.1 Å². The molecular formula is C17H28ClN3O4. The average Bonchev–Trinajstić information content (AvgIpc) is 2.51. The number of nitro benzene ring substituents is 1. The Morgan fingerprint density at radius 2 is 1.92 bits per heavy atom. The quantitative estimate of drug-likeness (QED) is 0.609. The Morgan fingerprint density at radius 1 is 1.32 bits per heavy atom. The van der Waals surface area contributed by atoms with Crippen LogP contribution in [-0.2, 0) is 16.1 Å². The van der Waals surface area contributed by atoms with Gasteiger partial charge in [-0.15, -0.1) is 12.4 Å². The molecule has 2 rings (SSSR count). The maximum absolute atomic E-state index is 11.3. The summed E-state index contributed by atoms with van der Waals surface area (Å²) in [6.07, 6.45) is 0.0628. The number of nitrogens with two attached hydrogens (primary N) is 1. The van der Waals surface area contributed by atoms with Gasteiger partial charge in [-0.25, -0.2) is 0 Å². The third kappa shape index (κ3) is 6.11. The van der Waals surface area contributed by atoms with Crippen LogP contribution in [-0.4, -0.2) is 42.4 Å². The molecule has 8 heteroatoms. The second-order valence-corrected chi connectivity index (χ2v) is 6.65. The van der Waals surface area contributed by atoms with Crippen LogP contribution >= 0.6 is 12.4 Å². The Labute approximate surface area is 155 Å². The molecule has 142 valence electrons. The Balaban J connectivity index is 0.00000312. The lowest BCUT2D eigenvalue weighted by molar-refractivity contribution is -0.384. The van der Waals surface area contributed by atoms with Gasteiger partial charge in [-0.1, -0.05) is 0 Å². The summed E-state index contributed by atoms with van der Waals surface area (Å²) in [6.45, 7) is 9.51. The van der Waals surface area contributed by atoms with E-state index in [0.29, 0.717) is 19.7 Å². The SMILES string of the molecule is C[C@H]1CN(c2cc(CO[C@H](C)[C@@H](C)N)cc([N+](=O)[O-])c2)C[C@H](C)O1.Cl. The molecule has 0 saturated carbocycles. The lowest BCUT2D eigenvalue weighted by Gasteiger charge is -2.37. The summed E-state index contributed by atoms with van der Waals surface area (Å²) in [5, 5.41) is 11.3. The molecule has 4 atom stereocenters. The number of hydrogen-bond acceptors (Lipinski definition) is 6. The van der Waals surface area contributed by atoms with Gasteiger partial charge in [0.15, 0.2) is 0 Å². The smallest absolute Gasteiger partial charge is 0.271 e. The van der Waals surface area contributed by atoms with Crippen molar-refractivity contribution in [3.05, 3.63) is 33.9 Å². The van der Waals surface area contributed by atoms with E-state index in [4.69, 9.17) is 15.2 Å². The van der Waals surface area contributed by atoms with Gasteiger partial charge in [0, 0.05) is 37.0 Å². The summed E-state index contributed by atoms with van der Waals surface area (Å²) in [5.74, 6) is 0. The number of morpholine rings is 1. The van der Waals surface area contributed by atoms with E-state index in [1.165, 1.54) is 0 Å². The molecule has 0 aliphatic carbocycles. The van der Waals surface area contributed by atoms with E-state index in [1.54, 1.807) is 12.1 Å². The zero-order valence-electron chi connectivity index (χ0n) is 15.2. The van der Waals surface area contributed by atoms with Gasteiger partial charge in [-0.2, -0.15) is 0 Å². The van der Waals surface area contributed by atoms with E-state index in [9.17, 15) is 10.1 Å². The number of nitrogens with zero attached hydrogens (tertiary/aromatic N) is 2. The van der Waals surface area contributed by atoms with Crippen LogP contribution < -0.4 is 10.6 Å². The average molecular weight is 374 g/mol. The van der Waals surface area contributed by atoms with Gasteiger partial charge in [0.1, 0.15) is 0 Å². The molecule has 0 amide bonds. The van der Waals surface area contributed by atoms with E-state index in [0.717, 1.165) is 11.3 Å². The highest BCUT2D eigenvalue weighted by Gasteiger charge is 2.24. The van der Waals surface area contributed by atoms with Gasteiger partial charge in [0.05, 0.1) is 29.8 Å². The molecule has 1 heterocycles. The van der Waals surface area contributed by atoms with Gasteiger partial charge in [-0.05, 0) is 39.3 Å². The molecule has 1 aliphatic heterocycles. The highest BCUT2D eigenvalue weighted by atomic mass is 35.5. The van der Waals surface area contributed by atoms with Crippen LogP contribution in [0.4, 0.5) is 11.4 Å². The molecule has 0 radical (unpaired) electrons. The van der Waals surface area contributed by atoms with Crippen molar-refractivity contribution in [2.45, 2.75) is 58.7 Å². The maximum Gasteiger partial charge on any atom is 0.271 e. The number of anilines is 1. The van der Waals surface area contributed by atoms with Crippen molar-refractivity contribution >= 4 is 23.8 Å². The zero-order valence-corrected chi connectivity index (χ0v) is 16.0. The van der Waals surface area contributed by atoms with Gasteiger partial charge >= 0.3 is 0 Å². The van der Waals surface area contributed by atoms with Crippen LogP contribution in [0.1, 0.15) is 33.3 Å². The molecule has 0 aromatic heterocycles. The first kappa shape index (κ1) is 21.6. The Hall–Kier alpha value is -1.41. The van der Waals surface area contributed by atoms with Crippen molar-refractivity contribution < 1.29 is 14.4 Å². The molecule has 7 nitrogen and oxygen atoms in total. The fourth-order valence-corrected chi connectivity index (χ4v) is 2.80. The van der Waals surface area contributed by atoms with Crippen molar-refractivity contribution in [3.63, 3.8) is 0 Å². The van der Waals surface area contributed by atoms with Crippen molar-refractivity contribution in [1.82, 2.24) is 0 Å². The molecule has 1 fully saturated rings. The lowest BCUT2D eigenvalue weighted by Crippen LogP contribution is -2.45. The molecule has 0 bridgehead atoms. The molecule has 25 heavy (non-hydrogen) atoms. The van der Waals surface area contributed by atoms with Gasteiger partial charge in [0.2, 0.25) is 0 Å². The van der Waals surface area contributed by atoms with Crippen molar-refractivity contribution in [3.8, 4) is 0 Å². The fourth-order valence-electron chi connectivity index (χ4n) is 2.80. The first-order chi connectivity index (χ1) is 11.3. The van der Waals surface area contributed by atoms with Crippen LogP contribution in [0.5, 0.6) is 0 Å². The first-order valence-corrected chi connectivity index (χ1v) is 8.32. The number of ether oxygens (including phenoxy) is 2. The number of hydrogen-bond donors (Lipinski definition) is 1. The third-order valence-electron chi connectivity index (χ3n) is 4.21. The Morgan fingerprint density at radius 3 is 2.44 bits per heavy atom. The summed E-state index contributed by atoms with van der Waals surface area (Å²) in [5.41, 5.74) is 7.48. The van der Waals surface area contributed by atoms with Crippen molar-refractivity contribution in [2.75, 3.05) is 18.0 Å². The van der Waals surface area contributed by atoms with Gasteiger partial charge in [0.25, 0.3) is 5.69 Å². The predicted molar refractivity (Wildman–Crippen MR) is 100 cm³/mol. The number of benzene rings is 1. The fraction of sp³-hybridized carbons (Fsp3) is 0.647. The largest absolute Gasteiger partial charge is 0.372 e. The minimum atomic E-state index is -0.366. The minimum Gasteiger partial charge on any atom is -0.372 e. The molecule has 1 aromatic carbocycles. The molecule has 0 unspecified atom stereocenters. The van der Waals surface area contributed by atoms with Crippen molar-refractivity contribution in [1.29, 1.82) is 0 Å². The highest BCUT2D eigenvalue weighted by molar-refractivity contribution is 5.85. The molecule has 1 aromatic rings. The van der Waals surface area contributed by atoms with E-state index in [1.807, 2.05) is 33.8 Å². The van der Waals surface area contributed by atoms with Gasteiger partial charge in [-0.3, -0.25) is 10.1 Å². The summed E-state index contributed by atoms with van der Waals surface area (Å²) >= 11 is 0. The molecular weight excluding hydrogens is 346 g/mol. The molecule has 2 N–H and O–H groups in total. The monoisotopic (exact) mass is 373 g/mol. The maximum atomic E-state index is 11.3. The Bertz CT molecular complexity index is 575. The molecule has 1 saturated heterocycles. The van der Waals surface area contributed by atoms with Crippen LogP contribution in [0.15, 0.2) is 18.2 Å². The molecule has 1 aliphatic rings. The van der Waals surface area contributed by atoms with E-state index in [-0.39, 0.29) is 47.4 Å². The van der Waals surface area contributed by atoms with Crippen molar-refractivity contribution in [2.24, 2.45) is 5.73 Å². The van der Waals surface area contributed by atoms with Crippen LogP contribution in [0.3, 0.4) is 0 Å². The summed E-state index contributed by atoms with van der Waals surface area (Å²) < 4.78 is 11.5. The Kier molecular flexibility index (Phi) is 8.08. The standard InChI is InChI=1S/C17H27N3O4.ClH/c1-11-8-19(9-12(2)24-11)16-5-15(6-17(7-16)20(21)22)10-23-14(4)13(3)18;/h5-7,11-14H,8-10,18H2,1-4H3;1H/t11-,12-,13+,14+;/m0./s1. The summed E-state index contributed by atoms with van der Waals surface area (Å²) in [6, 6.07) is 5.03.